The number of nitrogens with zero attached hydrogens (tertiary/aromatic N) is 1. The summed E-state index contributed by atoms with van der Waals surface area (Å²) in [4.78, 5) is 32.1. The monoisotopic (exact) mass is 429 g/mol. The molecule has 2 aromatic carbocycles. The first-order chi connectivity index (χ1) is 13.6. The van der Waals surface area contributed by atoms with Crippen LogP contribution < -0.4 is 10.6 Å². The number of halogens is 1. The summed E-state index contributed by atoms with van der Waals surface area (Å²) in [6.07, 6.45) is 1.64. The molecule has 8 heteroatoms. The Labute approximate surface area is 173 Å². The summed E-state index contributed by atoms with van der Waals surface area (Å²) in [7, 11) is -0.353. The standard InChI is InChI=1S/C20H16ClN3O2S2/c1-2-28-16-6-4-3-5-14(16)19(26)24-15-9-12(7-8-17(15)28)18(25)22-10-13-11-23-20(21)27-13/h2-9,11H,10H2,1H3,(H,22,25)(H,24,26). The van der Waals surface area contributed by atoms with E-state index in [1.165, 1.54) is 11.3 Å². The van der Waals surface area contributed by atoms with Crippen LogP contribution in [0.2, 0.25) is 4.47 Å². The van der Waals surface area contributed by atoms with Crippen LogP contribution in [0.1, 0.15) is 32.5 Å². The second kappa shape index (κ2) is 7.87. The normalized spacial score (nSPS) is 15.4. The fourth-order valence-electron chi connectivity index (χ4n) is 3.00. The van der Waals surface area contributed by atoms with Gasteiger partial charge in [-0.2, -0.15) is 0 Å². The molecule has 0 fully saturated rings. The third kappa shape index (κ3) is 3.61. The Hall–Kier alpha value is -2.48. The molecule has 0 radical (unpaired) electrons. The Morgan fingerprint density at radius 1 is 1.29 bits per heavy atom. The summed E-state index contributed by atoms with van der Waals surface area (Å²) in [5, 5.41) is 7.91. The number of thiazole rings is 1. The van der Waals surface area contributed by atoms with Gasteiger partial charge in [-0.3, -0.25) is 9.59 Å². The van der Waals surface area contributed by atoms with Gasteiger partial charge in [0.1, 0.15) is 0 Å². The van der Waals surface area contributed by atoms with Gasteiger partial charge in [0.15, 0.2) is 4.47 Å². The van der Waals surface area contributed by atoms with Crippen molar-refractivity contribution in [2.24, 2.45) is 0 Å². The summed E-state index contributed by atoms with van der Waals surface area (Å²) in [5.74, 6) is -0.380. The second-order valence-corrected chi connectivity index (χ2v) is 9.72. The van der Waals surface area contributed by atoms with Gasteiger partial charge < -0.3 is 10.6 Å². The average Bonchev–Trinajstić information content (AvgIpc) is 3.08. The molecular weight excluding hydrogens is 414 g/mol. The largest absolute Gasteiger partial charge is 0.347 e. The van der Waals surface area contributed by atoms with Crippen LogP contribution in [0.3, 0.4) is 0 Å². The third-order valence-electron chi connectivity index (χ3n) is 4.28. The Kier molecular flexibility index (Phi) is 5.30. The number of amides is 2. The fraction of sp³-hybridized carbons (Fsp3) is 0.100. The van der Waals surface area contributed by atoms with Crippen molar-refractivity contribution in [2.45, 2.75) is 23.3 Å². The van der Waals surface area contributed by atoms with E-state index in [4.69, 9.17) is 11.6 Å². The van der Waals surface area contributed by atoms with Crippen LogP contribution >= 0.6 is 33.4 Å². The number of hydrogen-bond donors (Lipinski definition) is 2. The average molecular weight is 430 g/mol. The number of benzene rings is 2. The van der Waals surface area contributed by atoms with Gasteiger partial charge in [0.25, 0.3) is 11.8 Å². The zero-order valence-corrected chi connectivity index (χ0v) is 17.3. The molecule has 0 aliphatic carbocycles. The summed E-state index contributed by atoms with van der Waals surface area (Å²) in [6, 6.07) is 13.0. The van der Waals surface area contributed by atoms with Gasteiger partial charge in [-0.05, 0) is 37.3 Å². The summed E-state index contributed by atoms with van der Waals surface area (Å²) in [5.41, 5.74) is 1.81. The van der Waals surface area contributed by atoms with Crippen molar-refractivity contribution in [1.82, 2.24) is 10.3 Å². The highest BCUT2D eigenvalue weighted by molar-refractivity contribution is 8.15. The number of hydrogen-bond acceptors (Lipinski definition) is 4. The molecule has 5 nitrogen and oxygen atoms in total. The molecule has 1 unspecified atom stereocenters. The molecule has 142 valence electrons. The minimum atomic E-state index is -0.353. The Morgan fingerprint density at radius 3 is 2.86 bits per heavy atom. The van der Waals surface area contributed by atoms with E-state index in [2.05, 4.69) is 21.0 Å². The molecule has 3 aromatic rings. The van der Waals surface area contributed by atoms with Gasteiger partial charge in [-0.25, -0.2) is 4.98 Å². The molecular formula is C20H16ClN3O2S2. The highest BCUT2D eigenvalue weighted by Crippen LogP contribution is 2.44. The SMILES string of the molecule is C/C=S1/c2ccc(C(=O)NCc3cnc(Cl)s3)cc2NC(=O)c2ccccc21. The van der Waals surface area contributed by atoms with Crippen molar-refractivity contribution in [1.29, 1.82) is 0 Å². The quantitative estimate of drug-likeness (QED) is 0.587. The number of nitrogens with one attached hydrogen (secondary N) is 2. The molecule has 1 aromatic heterocycles. The van der Waals surface area contributed by atoms with Crippen LogP contribution in [0.25, 0.3) is 0 Å². The van der Waals surface area contributed by atoms with Crippen molar-refractivity contribution in [2.75, 3.05) is 5.32 Å². The van der Waals surface area contributed by atoms with E-state index in [-0.39, 0.29) is 22.3 Å². The van der Waals surface area contributed by atoms with E-state index in [0.29, 0.717) is 27.8 Å². The first kappa shape index (κ1) is 18.9. The maximum absolute atomic E-state index is 12.7. The zero-order chi connectivity index (χ0) is 19.7. The maximum atomic E-state index is 12.7. The van der Waals surface area contributed by atoms with Crippen molar-refractivity contribution >= 4 is 56.3 Å². The summed E-state index contributed by atoms with van der Waals surface area (Å²) < 4.78 is 0.444. The molecule has 2 amide bonds. The van der Waals surface area contributed by atoms with Gasteiger partial charge in [-0.15, -0.1) is 21.8 Å². The minimum absolute atomic E-state index is 0.162. The van der Waals surface area contributed by atoms with Gasteiger partial charge in [0.2, 0.25) is 0 Å². The number of carbonyl (C=O) groups excluding carboxylic acids is 2. The first-order valence-electron chi connectivity index (χ1n) is 8.52. The van der Waals surface area contributed by atoms with E-state index in [9.17, 15) is 9.59 Å². The third-order valence-corrected chi connectivity index (χ3v) is 7.53. The Balaban J connectivity index is 1.64. The van der Waals surface area contributed by atoms with E-state index in [0.717, 1.165) is 14.7 Å². The summed E-state index contributed by atoms with van der Waals surface area (Å²) in [6.45, 7) is 2.34. The molecule has 1 aliphatic rings. The lowest BCUT2D eigenvalue weighted by Crippen LogP contribution is -2.22. The first-order valence-corrected chi connectivity index (χ1v) is 11.0. The molecule has 0 spiro atoms. The van der Waals surface area contributed by atoms with Crippen LogP contribution in [-0.4, -0.2) is 22.2 Å². The zero-order valence-electron chi connectivity index (χ0n) is 14.9. The van der Waals surface area contributed by atoms with E-state index in [1.54, 1.807) is 18.3 Å². The molecule has 28 heavy (non-hydrogen) atoms. The number of fused-ring (bicyclic) bond motifs is 2. The van der Waals surface area contributed by atoms with E-state index >= 15 is 0 Å². The Morgan fingerprint density at radius 2 is 2.11 bits per heavy atom. The van der Waals surface area contributed by atoms with Crippen molar-refractivity contribution < 1.29 is 9.59 Å². The molecule has 0 saturated heterocycles. The number of anilines is 1. The van der Waals surface area contributed by atoms with Crippen molar-refractivity contribution in [3.8, 4) is 0 Å². The summed E-state index contributed by atoms with van der Waals surface area (Å²) >= 11 is 7.15. The van der Waals surface area contributed by atoms with Crippen molar-refractivity contribution in [3.05, 3.63) is 69.1 Å². The van der Waals surface area contributed by atoms with Crippen LogP contribution in [-0.2, 0) is 6.54 Å². The maximum Gasteiger partial charge on any atom is 0.256 e. The highest BCUT2D eigenvalue weighted by atomic mass is 35.5. The molecule has 2 N–H and O–H groups in total. The lowest BCUT2D eigenvalue weighted by molar-refractivity contribution is 0.0949. The molecule has 1 atom stereocenters. The lowest BCUT2D eigenvalue weighted by Gasteiger charge is -2.13. The number of aromatic nitrogens is 1. The van der Waals surface area contributed by atoms with Crippen LogP contribution in [0.5, 0.6) is 0 Å². The second-order valence-electron chi connectivity index (χ2n) is 6.00. The van der Waals surface area contributed by atoms with E-state index < -0.39 is 0 Å². The van der Waals surface area contributed by atoms with Gasteiger partial charge in [-0.1, -0.05) is 29.1 Å². The van der Waals surface area contributed by atoms with Gasteiger partial charge >= 0.3 is 0 Å². The van der Waals surface area contributed by atoms with Crippen LogP contribution in [0.15, 0.2) is 58.5 Å². The van der Waals surface area contributed by atoms with Gasteiger partial charge in [0.05, 0.1) is 17.8 Å². The van der Waals surface area contributed by atoms with Crippen LogP contribution in [0.4, 0.5) is 5.69 Å². The smallest absolute Gasteiger partial charge is 0.256 e. The fourth-order valence-corrected chi connectivity index (χ4v) is 5.85. The molecule has 0 bridgehead atoms. The molecule has 2 heterocycles. The molecule has 0 saturated carbocycles. The molecule has 4 rings (SSSR count). The van der Waals surface area contributed by atoms with Crippen molar-refractivity contribution in [3.63, 3.8) is 0 Å². The predicted molar refractivity (Wildman–Crippen MR) is 115 cm³/mol. The predicted octanol–water partition coefficient (Wildman–Crippen LogP) is 4.80. The topological polar surface area (TPSA) is 71.1 Å². The van der Waals surface area contributed by atoms with Crippen LogP contribution in [0, 0.1) is 0 Å². The lowest BCUT2D eigenvalue weighted by atomic mass is 10.1. The number of rotatable bonds is 3. The minimum Gasteiger partial charge on any atom is -0.347 e. The Bertz CT molecular complexity index is 1120. The highest BCUT2D eigenvalue weighted by Gasteiger charge is 2.22. The van der Waals surface area contributed by atoms with E-state index in [1.807, 2.05) is 37.3 Å². The number of carbonyl (C=O) groups is 2. The van der Waals surface area contributed by atoms with Gasteiger partial charge in [0, 0.05) is 26.4 Å². The molecule has 1 aliphatic heterocycles.